The fraction of sp³-hybridized carbons (Fsp3) is 0.706. The maximum Gasteiger partial charge on any atom is 0.246 e. The summed E-state index contributed by atoms with van der Waals surface area (Å²) in [6.45, 7) is 2.19. The number of carbonyl (C=O) groups is 2. The highest BCUT2D eigenvalue weighted by Crippen LogP contribution is 2.35. The Morgan fingerprint density at radius 2 is 2.08 bits per heavy atom. The van der Waals surface area contributed by atoms with Crippen LogP contribution in [0.5, 0.6) is 0 Å². The predicted octanol–water partition coefficient (Wildman–Crippen LogP) is 0.764. The second kappa shape index (κ2) is 7.34. The van der Waals surface area contributed by atoms with Crippen molar-refractivity contribution < 1.29 is 14.3 Å². The van der Waals surface area contributed by atoms with Gasteiger partial charge in [0.25, 0.3) is 0 Å². The number of imidazole rings is 1. The molecule has 2 aliphatic rings. The topological polar surface area (TPSA) is 76.5 Å². The highest BCUT2D eigenvalue weighted by Gasteiger charge is 2.43. The Balaban J connectivity index is 1.66. The van der Waals surface area contributed by atoms with Crippen molar-refractivity contribution in [1.29, 1.82) is 0 Å². The number of methoxy groups -OCH3 is 1. The van der Waals surface area contributed by atoms with Crippen molar-refractivity contribution in [2.24, 2.45) is 5.92 Å². The van der Waals surface area contributed by atoms with Crippen LogP contribution in [-0.2, 0) is 19.9 Å². The third kappa shape index (κ3) is 3.61. The van der Waals surface area contributed by atoms with E-state index in [2.05, 4.69) is 10.3 Å². The maximum absolute atomic E-state index is 12.8. The molecule has 0 atom stereocenters. The largest absolute Gasteiger partial charge is 0.383 e. The molecule has 1 aromatic rings. The Kier molecular flexibility index (Phi) is 5.18. The van der Waals surface area contributed by atoms with Crippen molar-refractivity contribution in [1.82, 2.24) is 19.8 Å². The highest BCUT2D eigenvalue weighted by atomic mass is 16.5. The lowest BCUT2D eigenvalue weighted by molar-refractivity contribution is -0.139. The number of carbonyl (C=O) groups excluding carboxylic acids is 2. The van der Waals surface area contributed by atoms with Crippen LogP contribution in [0, 0.1) is 5.92 Å². The summed E-state index contributed by atoms with van der Waals surface area (Å²) >= 11 is 0. The van der Waals surface area contributed by atoms with E-state index in [1.807, 2.05) is 15.7 Å². The molecule has 1 aliphatic carbocycles. The van der Waals surface area contributed by atoms with Crippen LogP contribution >= 0.6 is 0 Å². The minimum Gasteiger partial charge on any atom is -0.383 e. The Hall–Kier alpha value is -1.89. The van der Waals surface area contributed by atoms with E-state index >= 15 is 0 Å². The molecule has 2 heterocycles. The average molecular weight is 334 g/mol. The van der Waals surface area contributed by atoms with Gasteiger partial charge in [-0.25, -0.2) is 4.98 Å². The number of piperidine rings is 1. The molecule has 7 nitrogen and oxygen atoms in total. The highest BCUT2D eigenvalue weighted by molar-refractivity contribution is 5.85. The zero-order chi connectivity index (χ0) is 17.0. The summed E-state index contributed by atoms with van der Waals surface area (Å²) in [7, 11) is 1.61. The molecular weight excluding hydrogens is 308 g/mol. The van der Waals surface area contributed by atoms with E-state index in [1.165, 1.54) is 12.8 Å². The van der Waals surface area contributed by atoms with E-state index in [4.69, 9.17) is 4.74 Å². The Labute approximate surface area is 142 Å². The van der Waals surface area contributed by atoms with Gasteiger partial charge in [-0.05, 0) is 31.6 Å². The molecule has 0 radical (unpaired) electrons. The second-order valence-corrected chi connectivity index (χ2v) is 6.78. The average Bonchev–Trinajstić information content (AvgIpc) is 3.23. The van der Waals surface area contributed by atoms with Gasteiger partial charge in [-0.1, -0.05) is 0 Å². The fourth-order valence-corrected chi connectivity index (χ4v) is 3.37. The number of likely N-dealkylation sites (tertiary alicyclic amines) is 1. The monoisotopic (exact) mass is 334 g/mol. The van der Waals surface area contributed by atoms with Gasteiger partial charge in [0.05, 0.1) is 12.9 Å². The summed E-state index contributed by atoms with van der Waals surface area (Å²) < 4.78 is 6.89. The minimum atomic E-state index is -0.666. The van der Waals surface area contributed by atoms with Crippen LogP contribution in [0.1, 0.15) is 32.1 Å². The number of nitrogens with one attached hydrogen (secondary N) is 1. The third-order valence-corrected chi connectivity index (χ3v) is 5.12. The maximum atomic E-state index is 12.8. The molecule has 1 N–H and O–H groups in total. The molecule has 0 spiro atoms. The molecule has 24 heavy (non-hydrogen) atoms. The molecule has 3 rings (SSSR count). The standard InChI is InChI=1S/C17H26N4O3/c1-24-11-7-19-16(23)17(21-10-6-18-13-21)4-8-20(9-5-17)15(22)12-14-2-3-14/h6,10,13-14H,2-5,7-9,11-12H2,1H3,(H,19,23). The molecule has 1 aromatic heterocycles. The first kappa shape index (κ1) is 17.0. The number of hydrogen-bond acceptors (Lipinski definition) is 4. The van der Waals surface area contributed by atoms with Crippen molar-refractivity contribution >= 4 is 11.8 Å². The van der Waals surface area contributed by atoms with E-state index in [0.29, 0.717) is 51.4 Å². The number of hydrogen-bond donors (Lipinski definition) is 1. The summed E-state index contributed by atoms with van der Waals surface area (Å²) in [6.07, 6.45) is 9.46. The van der Waals surface area contributed by atoms with Crippen LogP contribution in [0.4, 0.5) is 0 Å². The van der Waals surface area contributed by atoms with Gasteiger partial charge in [0, 0.05) is 45.6 Å². The van der Waals surface area contributed by atoms with E-state index in [1.54, 1.807) is 19.6 Å². The molecule has 2 fully saturated rings. The van der Waals surface area contributed by atoms with Crippen LogP contribution in [0.3, 0.4) is 0 Å². The van der Waals surface area contributed by atoms with Gasteiger partial charge in [-0.2, -0.15) is 0 Å². The first-order valence-electron chi connectivity index (χ1n) is 8.69. The lowest BCUT2D eigenvalue weighted by atomic mass is 9.85. The van der Waals surface area contributed by atoms with E-state index in [9.17, 15) is 9.59 Å². The number of aromatic nitrogens is 2. The van der Waals surface area contributed by atoms with Gasteiger partial charge < -0.3 is 19.5 Å². The Morgan fingerprint density at radius 3 is 2.67 bits per heavy atom. The number of amides is 2. The molecule has 1 saturated carbocycles. The van der Waals surface area contributed by atoms with Crippen molar-refractivity contribution in [2.45, 2.75) is 37.6 Å². The van der Waals surface area contributed by atoms with Crippen LogP contribution in [-0.4, -0.2) is 59.6 Å². The van der Waals surface area contributed by atoms with E-state index < -0.39 is 5.54 Å². The smallest absolute Gasteiger partial charge is 0.246 e. The molecule has 0 aromatic carbocycles. The van der Waals surface area contributed by atoms with Gasteiger partial charge >= 0.3 is 0 Å². The molecule has 0 bridgehead atoms. The number of ether oxygens (including phenoxy) is 1. The van der Waals surface area contributed by atoms with Gasteiger partial charge in [0.2, 0.25) is 11.8 Å². The first-order chi connectivity index (χ1) is 11.7. The zero-order valence-corrected chi connectivity index (χ0v) is 14.2. The fourth-order valence-electron chi connectivity index (χ4n) is 3.37. The summed E-state index contributed by atoms with van der Waals surface area (Å²) in [4.78, 5) is 31.2. The molecule has 1 aliphatic heterocycles. The van der Waals surface area contributed by atoms with Crippen molar-refractivity contribution in [3.63, 3.8) is 0 Å². The van der Waals surface area contributed by atoms with E-state index in [-0.39, 0.29) is 11.8 Å². The first-order valence-corrected chi connectivity index (χ1v) is 8.69. The lowest BCUT2D eigenvalue weighted by Crippen LogP contribution is -2.56. The summed E-state index contributed by atoms with van der Waals surface area (Å²) in [5.74, 6) is 0.804. The summed E-state index contributed by atoms with van der Waals surface area (Å²) in [5.41, 5.74) is -0.666. The van der Waals surface area contributed by atoms with Crippen LogP contribution in [0.25, 0.3) is 0 Å². The summed E-state index contributed by atoms with van der Waals surface area (Å²) in [5, 5.41) is 2.95. The van der Waals surface area contributed by atoms with E-state index in [0.717, 1.165) is 0 Å². The minimum absolute atomic E-state index is 0.0214. The van der Waals surface area contributed by atoms with Gasteiger partial charge in [-0.3, -0.25) is 9.59 Å². The lowest BCUT2D eigenvalue weighted by Gasteiger charge is -2.41. The number of nitrogens with zero attached hydrogens (tertiary/aromatic N) is 3. The van der Waals surface area contributed by atoms with Crippen LogP contribution in [0.15, 0.2) is 18.7 Å². The normalized spacial score (nSPS) is 20.0. The molecule has 1 saturated heterocycles. The quantitative estimate of drug-likeness (QED) is 0.747. The Morgan fingerprint density at radius 1 is 1.33 bits per heavy atom. The SMILES string of the molecule is COCCNC(=O)C1(n2ccnc2)CCN(C(=O)CC2CC2)CC1. The van der Waals surface area contributed by atoms with Crippen molar-refractivity contribution in [3.05, 3.63) is 18.7 Å². The number of rotatable bonds is 7. The van der Waals surface area contributed by atoms with Gasteiger partial charge in [0.15, 0.2) is 0 Å². The van der Waals surface area contributed by atoms with Gasteiger partial charge in [-0.15, -0.1) is 0 Å². The molecular formula is C17H26N4O3. The predicted molar refractivity (Wildman–Crippen MR) is 88.2 cm³/mol. The van der Waals surface area contributed by atoms with Gasteiger partial charge in [0.1, 0.15) is 5.54 Å². The molecule has 132 valence electrons. The molecule has 0 unspecified atom stereocenters. The van der Waals surface area contributed by atoms with Crippen LogP contribution < -0.4 is 5.32 Å². The molecule has 2 amide bonds. The van der Waals surface area contributed by atoms with Crippen molar-refractivity contribution in [3.8, 4) is 0 Å². The molecule has 7 heteroatoms. The van der Waals surface area contributed by atoms with Crippen molar-refractivity contribution in [2.75, 3.05) is 33.4 Å². The third-order valence-electron chi connectivity index (χ3n) is 5.12. The summed E-state index contributed by atoms with van der Waals surface area (Å²) in [6, 6.07) is 0. The van der Waals surface area contributed by atoms with Crippen LogP contribution in [0.2, 0.25) is 0 Å². The second-order valence-electron chi connectivity index (χ2n) is 6.78. The Bertz CT molecular complexity index is 560. The zero-order valence-electron chi connectivity index (χ0n) is 14.2.